The van der Waals surface area contributed by atoms with Crippen LogP contribution < -0.4 is 9.64 Å². The summed E-state index contributed by atoms with van der Waals surface area (Å²) in [5.74, 6) is 1.19. The van der Waals surface area contributed by atoms with Gasteiger partial charge in [0.25, 0.3) is 0 Å². The highest BCUT2D eigenvalue weighted by atomic mass is 35.5. The number of carbonyl (C=O) groups excluding carboxylic acids is 1. The van der Waals surface area contributed by atoms with Gasteiger partial charge in [0.05, 0.1) is 18.7 Å². The van der Waals surface area contributed by atoms with Gasteiger partial charge in [-0.05, 0) is 43.7 Å². The van der Waals surface area contributed by atoms with Crippen LogP contribution in [-0.2, 0) is 11.3 Å². The molecule has 7 heteroatoms. The number of hydrogen-bond donors (Lipinski definition) is 0. The monoisotopic (exact) mass is 461 g/mol. The number of likely N-dealkylation sites (tertiary alicyclic amines) is 1. The first-order valence-electron chi connectivity index (χ1n) is 10.9. The fraction of sp³-hybridized carbons (Fsp3) is 0.458. The molecule has 31 heavy (non-hydrogen) atoms. The summed E-state index contributed by atoms with van der Waals surface area (Å²) in [4.78, 5) is 19.9. The minimum absolute atomic E-state index is 0.0350. The number of piperidine rings is 1. The number of benzene rings is 2. The number of methoxy groups -OCH3 is 1. The SMILES string of the molecule is COc1ccccc1N1CCN(C(=O)C2CCCN(Cc3c(Cl)cccc3Cl)C2)CC1. The van der Waals surface area contributed by atoms with Crippen molar-refractivity contribution in [2.24, 2.45) is 5.92 Å². The summed E-state index contributed by atoms with van der Waals surface area (Å²) >= 11 is 12.7. The lowest BCUT2D eigenvalue weighted by Crippen LogP contribution is -2.52. The van der Waals surface area contributed by atoms with Gasteiger partial charge < -0.3 is 14.5 Å². The number of nitrogens with zero attached hydrogens (tertiary/aromatic N) is 3. The summed E-state index contributed by atoms with van der Waals surface area (Å²) in [6, 6.07) is 13.7. The second-order valence-corrected chi connectivity index (χ2v) is 9.07. The molecule has 0 aromatic heterocycles. The van der Waals surface area contributed by atoms with E-state index >= 15 is 0 Å². The van der Waals surface area contributed by atoms with Crippen LogP contribution in [-0.4, -0.2) is 62.1 Å². The Morgan fingerprint density at radius 1 is 1.00 bits per heavy atom. The fourth-order valence-electron chi connectivity index (χ4n) is 4.62. The molecule has 1 unspecified atom stereocenters. The Morgan fingerprint density at radius 2 is 1.71 bits per heavy atom. The number of piperazine rings is 1. The molecule has 0 saturated carbocycles. The summed E-state index contributed by atoms with van der Waals surface area (Å²) < 4.78 is 5.50. The smallest absolute Gasteiger partial charge is 0.227 e. The van der Waals surface area contributed by atoms with Crippen LogP contribution in [0.4, 0.5) is 5.69 Å². The molecular formula is C24H29Cl2N3O2. The molecular weight excluding hydrogens is 433 g/mol. The highest BCUT2D eigenvalue weighted by molar-refractivity contribution is 6.35. The first kappa shape index (κ1) is 22.3. The maximum Gasteiger partial charge on any atom is 0.227 e. The molecule has 2 heterocycles. The van der Waals surface area contributed by atoms with E-state index in [0.29, 0.717) is 16.6 Å². The van der Waals surface area contributed by atoms with Crippen molar-refractivity contribution in [1.29, 1.82) is 0 Å². The van der Waals surface area contributed by atoms with Crippen LogP contribution in [0.25, 0.3) is 0 Å². The molecule has 0 N–H and O–H groups in total. The van der Waals surface area contributed by atoms with Crippen molar-refractivity contribution < 1.29 is 9.53 Å². The van der Waals surface area contributed by atoms with Crippen LogP contribution in [0.15, 0.2) is 42.5 Å². The van der Waals surface area contributed by atoms with Crippen molar-refractivity contribution in [3.63, 3.8) is 0 Å². The summed E-state index contributed by atoms with van der Waals surface area (Å²) in [7, 11) is 1.70. The second-order valence-electron chi connectivity index (χ2n) is 8.26. The third kappa shape index (κ3) is 5.11. The number of hydrogen-bond acceptors (Lipinski definition) is 4. The number of rotatable bonds is 5. The number of carbonyl (C=O) groups is 1. The molecule has 0 aliphatic carbocycles. The van der Waals surface area contributed by atoms with Crippen molar-refractivity contribution in [1.82, 2.24) is 9.80 Å². The van der Waals surface area contributed by atoms with E-state index in [1.807, 2.05) is 41.3 Å². The first-order valence-corrected chi connectivity index (χ1v) is 11.6. The van der Waals surface area contributed by atoms with E-state index < -0.39 is 0 Å². The zero-order valence-electron chi connectivity index (χ0n) is 17.9. The summed E-state index contributed by atoms with van der Waals surface area (Å²) in [5, 5.41) is 1.38. The molecule has 0 spiro atoms. The van der Waals surface area contributed by atoms with E-state index in [1.165, 1.54) is 0 Å². The van der Waals surface area contributed by atoms with E-state index in [1.54, 1.807) is 7.11 Å². The number of halogens is 2. The Kier molecular flexibility index (Phi) is 7.26. The molecule has 2 fully saturated rings. The van der Waals surface area contributed by atoms with Crippen LogP contribution in [0.5, 0.6) is 5.75 Å². The van der Waals surface area contributed by atoms with Crippen molar-refractivity contribution in [3.05, 3.63) is 58.1 Å². The predicted molar refractivity (Wildman–Crippen MR) is 126 cm³/mol. The minimum Gasteiger partial charge on any atom is -0.495 e. The van der Waals surface area contributed by atoms with Gasteiger partial charge in [0, 0.05) is 54.9 Å². The Morgan fingerprint density at radius 3 is 2.42 bits per heavy atom. The van der Waals surface area contributed by atoms with Crippen LogP contribution in [0.3, 0.4) is 0 Å². The van der Waals surface area contributed by atoms with Crippen molar-refractivity contribution in [3.8, 4) is 5.75 Å². The van der Waals surface area contributed by atoms with Gasteiger partial charge in [0.15, 0.2) is 0 Å². The maximum absolute atomic E-state index is 13.3. The Bertz CT molecular complexity index is 895. The third-order valence-corrected chi connectivity index (χ3v) is 7.02. The van der Waals surface area contributed by atoms with Gasteiger partial charge in [-0.1, -0.05) is 41.4 Å². The van der Waals surface area contributed by atoms with Gasteiger partial charge >= 0.3 is 0 Å². The normalized spacial score (nSPS) is 20.0. The van der Waals surface area contributed by atoms with Crippen LogP contribution in [0, 0.1) is 5.92 Å². The van der Waals surface area contributed by atoms with Gasteiger partial charge in [-0.15, -0.1) is 0 Å². The fourth-order valence-corrected chi connectivity index (χ4v) is 5.14. The average Bonchev–Trinajstić information content (AvgIpc) is 2.81. The van der Waals surface area contributed by atoms with E-state index in [4.69, 9.17) is 27.9 Å². The third-order valence-electron chi connectivity index (χ3n) is 6.32. The topological polar surface area (TPSA) is 36.0 Å². The Balaban J connectivity index is 1.34. The standard InChI is InChI=1S/C24H29Cl2N3O2/c1-31-23-10-3-2-9-22(23)28-12-14-29(15-13-28)24(30)18-6-5-11-27(16-18)17-19-20(25)7-4-8-21(19)26/h2-4,7-10,18H,5-6,11-17H2,1H3. The molecule has 1 amide bonds. The Hall–Kier alpha value is -1.95. The summed E-state index contributed by atoms with van der Waals surface area (Å²) in [6.07, 6.45) is 1.96. The number of amides is 1. The lowest BCUT2D eigenvalue weighted by atomic mass is 9.95. The van der Waals surface area contributed by atoms with Crippen LogP contribution in [0.1, 0.15) is 18.4 Å². The van der Waals surface area contributed by atoms with Crippen LogP contribution >= 0.6 is 23.2 Å². The lowest BCUT2D eigenvalue weighted by molar-refractivity contribution is -0.137. The number of ether oxygens (including phenoxy) is 1. The molecule has 0 bridgehead atoms. The molecule has 2 aromatic rings. The summed E-state index contributed by atoms with van der Waals surface area (Å²) in [6.45, 7) is 5.52. The highest BCUT2D eigenvalue weighted by Gasteiger charge is 2.31. The average molecular weight is 462 g/mol. The minimum atomic E-state index is 0.0350. The van der Waals surface area contributed by atoms with Crippen molar-refractivity contribution >= 4 is 34.8 Å². The van der Waals surface area contributed by atoms with E-state index in [-0.39, 0.29) is 11.8 Å². The maximum atomic E-state index is 13.3. The Labute approximate surface area is 194 Å². The molecule has 2 aromatic carbocycles. The molecule has 2 aliphatic heterocycles. The largest absolute Gasteiger partial charge is 0.495 e. The highest BCUT2D eigenvalue weighted by Crippen LogP contribution is 2.30. The van der Waals surface area contributed by atoms with Gasteiger partial charge in [0.1, 0.15) is 5.75 Å². The molecule has 5 nitrogen and oxygen atoms in total. The molecule has 1 atom stereocenters. The lowest BCUT2D eigenvalue weighted by Gasteiger charge is -2.40. The van der Waals surface area contributed by atoms with Gasteiger partial charge in [-0.25, -0.2) is 0 Å². The van der Waals surface area contributed by atoms with E-state index in [9.17, 15) is 4.79 Å². The molecule has 166 valence electrons. The van der Waals surface area contributed by atoms with E-state index in [0.717, 1.165) is 69.1 Å². The van der Waals surface area contributed by atoms with Gasteiger partial charge in [-0.3, -0.25) is 9.69 Å². The zero-order chi connectivity index (χ0) is 21.8. The molecule has 2 saturated heterocycles. The predicted octanol–water partition coefficient (Wildman–Crippen LogP) is 4.56. The molecule has 4 rings (SSSR count). The quantitative estimate of drug-likeness (QED) is 0.653. The molecule has 0 radical (unpaired) electrons. The number of para-hydroxylation sites is 2. The van der Waals surface area contributed by atoms with Crippen molar-refractivity contribution in [2.45, 2.75) is 19.4 Å². The first-order chi connectivity index (χ1) is 15.1. The van der Waals surface area contributed by atoms with Gasteiger partial charge in [-0.2, -0.15) is 0 Å². The second kappa shape index (κ2) is 10.1. The summed E-state index contributed by atoms with van der Waals surface area (Å²) in [5.41, 5.74) is 2.04. The van der Waals surface area contributed by atoms with Crippen LogP contribution in [0.2, 0.25) is 10.0 Å². The number of anilines is 1. The van der Waals surface area contributed by atoms with Crippen molar-refractivity contribution in [2.75, 3.05) is 51.3 Å². The zero-order valence-corrected chi connectivity index (χ0v) is 19.4. The van der Waals surface area contributed by atoms with Gasteiger partial charge in [0.2, 0.25) is 5.91 Å². The van der Waals surface area contributed by atoms with E-state index in [2.05, 4.69) is 15.9 Å². The molecule has 2 aliphatic rings.